The highest BCUT2D eigenvalue weighted by Gasteiger charge is 2.17. The minimum Gasteiger partial charge on any atom is -0.371 e. The third kappa shape index (κ3) is 3.40. The molecule has 0 bridgehead atoms. The van der Waals surface area contributed by atoms with E-state index in [1.54, 1.807) is 18.5 Å². The van der Waals surface area contributed by atoms with Crippen molar-refractivity contribution >= 4 is 11.6 Å². The summed E-state index contributed by atoms with van der Waals surface area (Å²) >= 11 is 0. The second-order valence-electron chi connectivity index (χ2n) is 5.20. The van der Waals surface area contributed by atoms with Crippen molar-refractivity contribution in [2.24, 2.45) is 0 Å². The SMILES string of the molecule is CCc1cnc(Nc2ccc(C3CNCCO3)cc2F)nc1. The summed E-state index contributed by atoms with van der Waals surface area (Å²) in [5.74, 6) is 0.0503. The van der Waals surface area contributed by atoms with Gasteiger partial charge in [0.25, 0.3) is 0 Å². The van der Waals surface area contributed by atoms with Crippen LogP contribution in [0.15, 0.2) is 30.6 Å². The van der Waals surface area contributed by atoms with Gasteiger partial charge in [0, 0.05) is 25.5 Å². The highest BCUT2D eigenvalue weighted by molar-refractivity contribution is 5.54. The number of hydrogen-bond acceptors (Lipinski definition) is 5. The van der Waals surface area contributed by atoms with Crippen molar-refractivity contribution in [1.82, 2.24) is 15.3 Å². The van der Waals surface area contributed by atoms with Gasteiger partial charge in [-0.3, -0.25) is 0 Å². The number of anilines is 2. The molecule has 0 radical (unpaired) electrons. The van der Waals surface area contributed by atoms with E-state index in [0.29, 0.717) is 24.8 Å². The Bertz CT molecular complexity index is 627. The second-order valence-corrected chi connectivity index (χ2v) is 5.20. The molecule has 1 aromatic heterocycles. The highest BCUT2D eigenvalue weighted by atomic mass is 19.1. The van der Waals surface area contributed by atoms with Gasteiger partial charge in [0.2, 0.25) is 5.95 Å². The van der Waals surface area contributed by atoms with Crippen molar-refractivity contribution in [1.29, 1.82) is 0 Å². The van der Waals surface area contributed by atoms with E-state index in [9.17, 15) is 4.39 Å². The Morgan fingerprint density at radius 2 is 2.18 bits per heavy atom. The third-order valence-corrected chi connectivity index (χ3v) is 3.65. The predicted octanol–water partition coefficient (Wildman–Crippen LogP) is 2.58. The van der Waals surface area contributed by atoms with Crippen LogP contribution in [-0.2, 0) is 11.2 Å². The molecule has 6 heteroatoms. The fourth-order valence-corrected chi connectivity index (χ4v) is 2.33. The maximum atomic E-state index is 14.2. The Hall–Kier alpha value is -2.05. The van der Waals surface area contributed by atoms with Gasteiger partial charge in [0.15, 0.2) is 0 Å². The topological polar surface area (TPSA) is 59.1 Å². The Kier molecular flexibility index (Phi) is 4.60. The maximum absolute atomic E-state index is 14.2. The quantitative estimate of drug-likeness (QED) is 0.909. The monoisotopic (exact) mass is 302 g/mol. The molecule has 1 unspecified atom stereocenters. The van der Waals surface area contributed by atoms with E-state index in [4.69, 9.17) is 4.74 Å². The molecule has 1 fully saturated rings. The van der Waals surface area contributed by atoms with Crippen LogP contribution in [0.5, 0.6) is 0 Å². The van der Waals surface area contributed by atoms with Gasteiger partial charge < -0.3 is 15.4 Å². The standard InChI is InChI=1S/C16H19FN4O/c1-2-11-8-19-16(20-9-11)21-14-4-3-12(7-13(14)17)15-10-18-5-6-22-15/h3-4,7-9,15,18H,2,5-6,10H2,1H3,(H,19,20,21). The van der Waals surface area contributed by atoms with Crippen LogP contribution in [0.2, 0.25) is 0 Å². The lowest BCUT2D eigenvalue weighted by molar-refractivity contribution is 0.0275. The van der Waals surface area contributed by atoms with Crippen LogP contribution >= 0.6 is 0 Å². The molecule has 2 N–H and O–H groups in total. The lowest BCUT2D eigenvalue weighted by atomic mass is 10.1. The van der Waals surface area contributed by atoms with Crippen LogP contribution in [0.25, 0.3) is 0 Å². The first-order valence-electron chi connectivity index (χ1n) is 7.46. The smallest absolute Gasteiger partial charge is 0.227 e. The van der Waals surface area contributed by atoms with Crippen molar-refractivity contribution < 1.29 is 9.13 Å². The molecule has 1 aliphatic rings. The van der Waals surface area contributed by atoms with Gasteiger partial charge >= 0.3 is 0 Å². The van der Waals surface area contributed by atoms with E-state index in [1.165, 1.54) is 6.07 Å². The van der Waals surface area contributed by atoms with E-state index in [1.807, 2.05) is 13.0 Å². The van der Waals surface area contributed by atoms with Crippen molar-refractivity contribution in [2.75, 3.05) is 25.0 Å². The first-order chi connectivity index (χ1) is 10.8. The number of nitrogens with zero attached hydrogens (tertiary/aromatic N) is 2. The van der Waals surface area contributed by atoms with Gasteiger partial charge in [-0.05, 0) is 29.7 Å². The Labute approximate surface area is 128 Å². The van der Waals surface area contributed by atoms with Crippen molar-refractivity contribution in [3.8, 4) is 0 Å². The van der Waals surface area contributed by atoms with Gasteiger partial charge in [-0.2, -0.15) is 0 Å². The normalized spacial score (nSPS) is 18.2. The number of halogens is 1. The summed E-state index contributed by atoms with van der Waals surface area (Å²) in [6.45, 7) is 4.22. The molecule has 0 saturated carbocycles. The first kappa shape index (κ1) is 14.9. The molecule has 3 rings (SSSR count). The Morgan fingerprint density at radius 1 is 1.36 bits per heavy atom. The zero-order chi connectivity index (χ0) is 15.4. The number of nitrogens with one attached hydrogen (secondary N) is 2. The second kappa shape index (κ2) is 6.81. The van der Waals surface area contributed by atoms with E-state index in [0.717, 1.165) is 24.1 Å². The van der Waals surface area contributed by atoms with Crippen molar-refractivity contribution in [3.05, 3.63) is 47.5 Å². The summed E-state index contributed by atoms with van der Waals surface area (Å²) in [6, 6.07) is 5.06. The zero-order valence-electron chi connectivity index (χ0n) is 12.5. The van der Waals surface area contributed by atoms with Crippen LogP contribution < -0.4 is 10.6 Å². The van der Waals surface area contributed by atoms with Crippen LogP contribution in [-0.4, -0.2) is 29.7 Å². The van der Waals surface area contributed by atoms with Gasteiger partial charge in [-0.1, -0.05) is 13.0 Å². The predicted molar refractivity (Wildman–Crippen MR) is 82.7 cm³/mol. The summed E-state index contributed by atoms with van der Waals surface area (Å²) in [5.41, 5.74) is 2.23. The number of aryl methyl sites for hydroxylation is 1. The summed E-state index contributed by atoms with van der Waals surface area (Å²) in [6.07, 6.45) is 4.25. The minimum atomic E-state index is -0.338. The van der Waals surface area contributed by atoms with E-state index < -0.39 is 0 Å². The molecule has 0 spiro atoms. The van der Waals surface area contributed by atoms with Crippen LogP contribution in [0.3, 0.4) is 0 Å². The molecular formula is C16H19FN4O. The first-order valence-corrected chi connectivity index (χ1v) is 7.46. The molecule has 1 saturated heterocycles. The number of hydrogen-bond donors (Lipinski definition) is 2. The molecule has 5 nitrogen and oxygen atoms in total. The molecule has 1 aromatic carbocycles. The molecule has 0 amide bonds. The van der Waals surface area contributed by atoms with Crippen molar-refractivity contribution in [2.45, 2.75) is 19.4 Å². The van der Waals surface area contributed by atoms with Gasteiger partial charge in [0.1, 0.15) is 5.82 Å². The number of rotatable bonds is 4. The summed E-state index contributed by atoms with van der Waals surface area (Å²) in [4.78, 5) is 8.35. The lowest BCUT2D eigenvalue weighted by Crippen LogP contribution is -2.33. The number of benzene rings is 1. The summed E-state index contributed by atoms with van der Waals surface area (Å²) < 4.78 is 19.9. The van der Waals surface area contributed by atoms with E-state index >= 15 is 0 Å². The largest absolute Gasteiger partial charge is 0.371 e. The molecule has 1 atom stereocenters. The van der Waals surface area contributed by atoms with E-state index in [2.05, 4.69) is 20.6 Å². The number of morpholine rings is 1. The third-order valence-electron chi connectivity index (χ3n) is 3.65. The van der Waals surface area contributed by atoms with E-state index in [-0.39, 0.29) is 11.9 Å². The van der Waals surface area contributed by atoms with Gasteiger partial charge in [-0.25, -0.2) is 14.4 Å². The van der Waals surface area contributed by atoms with Crippen LogP contribution in [0.1, 0.15) is 24.2 Å². The van der Waals surface area contributed by atoms with Gasteiger partial charge in [0.05, 0.1) is 18.4 Å². The average Bonchev–Trinajstić information content (AvgIpc) is 2.58. The molecule has 2 aromatic rings. The fourth-order valence-electron chi connectivity index (χ4n) is 2.33. The number of ether oxygens (including phenoxy) is 1. The average molecular weight is 302 g/mol. The minimum absolute atomic E-state index is 0.0996. The zero-order valence-corrected chi connectivity index (χ0v) is 12.5. The van der Waals surface area contributed by atoms with Gasteiger partial charge in [-0.15, -0.1) is 0 Å². The van der Waals surface area contributed by atoms with Crippen LogP contribution in [0.4, 0.5) is 16.0 Å². The van der Waals surface area contributed by atoms with Crippen LogP contribution in [0, 0.1) is 5.82 Å². The fraction of sp³-hybridized carbons (Fsp3) is 0.375. The molecule has 0 aliphatic carbocycles. The molecule has 22 heavy (non-hydrogen) atoms. The Balaban J connectivity index is 1.73. The summed E-state index contributed by atoms with van der Waals surface area (Å²) in [7, 11) is 0. The maximum Gasteiger partial charge on any atom is 0.227 e. The van der Waals surface area contributed by atoms with Crippen molar-refractivity contribution in [3.63, 3.8) is 0 Å². The number of aromatic nitrogens is 2. The lowest BCUT2D eigenvalue weighted by Gasteiger charge is -2.24. The molecule has 116 valence electrons. The molecular weight excluding hydrogens is 283 g/mol. The highest BCUT2D eigenvalue weighted by Crippen LogP contribution is 2.24. The molecule has 2 heterocycles. The summed E-state index contributed by atoms with van der Waals surface area (Å²) in [5, 5.41) is 6.13. The Morgan fingerprint density at radius 3 is 2.82 bits per heavy atom. The molecule has 1 aliphatic heterocycles.